The second-order valence-corrected chi connectivity index (χ2v) is 4.66. The van der Waals surface area contributed by atoms with Crippen molar-refractivity contribution in [1.82, 2.24) is 10.4 Å². The summed E-state index contributed by atoms with van der Waals surface area (Å²) < 4.78 is 5.63. The van der Waals surface area contributed by atoms with Gasteiger partial charge in [-0.05, 0) is 49.8 Å². The molecule has 0 aliphatic carbocycles. The molecule has 1 aromatic heterocycles. The second-order valence-electron chi connectivity index (χ2n) is 4.66. The SMILES string of the molecule is Cc1ccncc1C(CCC1CCCO1)NN. The Morgan fingerprint density at radius 1 is 1.65 bits per heavy atom. The number of hydrogen-bond acceptors (Lipinski definition) is 4. The lowest BCUT2D eigenvalue weighted by Crippen LogP contribution is -2.29. The lowest BCUT2D eigenvalue weighted by Gasteiger charge is -2.19. The van der Waals surface area contributed by atoms with Crippen LogP contribution in [0.2, 0.25) is 0 Å². The third kappa shape index (κ3) is 3.25. The third-order valence-corrected chi connectivity index (χ3v) is 3.46. The maximum Gasteiger partial charge on any atom is 0.0576 e. The van der Waals surface area contributed by atoms with E-state index < -0.39 is 0 Å². The fourth-order valence-electron chi connectivity index (χ4n) is 2.39. The Bertz CT molecular complexity index is 350. The average Bonchev–Trinajstić information content (AvgIpc) is 2.85. The minimum Gasteiger partial charge on any atom is -0.378 e. The van der Waals surface area contributed by atoms with Gasteiger partial charge < -0.3 is 4.74 Å². The van der Waals surface area contributed by atoms with Gasteiger partial charge in [0, 0.05) is 25.0 Å². The van der Waals surface area contributed by atoms with Crippen LogP contribution in [0.15, 0.2) is 18.5 Å². The number of hydrazine groups is 1. The molecule has 0 aromatic carbocycles. The van der Waals surface area contributed by atoms with E-state index in [0.717, 1.165) is 19.4 Å². The highest BCUT2D eigenvalue weighted by Crippen LogP contribution is 2.24. The summed E-state index contributed by atoms with van der Waals surface area (Å²) in [6.45, 7) is 3.00. The van der Waals surface area contributed by atoms with Crippen LogP contribution in [0.1, 0.15) is 42.9 Å². The molecule has 0 saturated carbocycles. The van der Waals surface area contributed by atoms with Crippen molar-refractivity contribution in [2.24, 2.45) is 5.84 Å². The topological polar surface area (TPSA) is 60.2 Å². The summed E-state index contributed by atoms with van der Waals surface area (Å²) in [5.74, 6) is 5.64. The molecule has 3 N–H and O–H groups in total. The van der Waals surface area contributed by atoms with E-state index in [9.17, 15) is 0 Å². The van der Waals surface area contributed by atoms with Crippen LogP contribution < -0.4 is 11.3 Å². The van der Waals surface area contributed by atoms with Crippen LogP contribution in [-0.2, 0) is 4.74 Å². The van der Waals surface area contributed by atoms with Gasteiger partial charge in [0.25, 0.3) is 0 Å². The van der Waals surface area contributed by atoms with E-state index in [4.69, 9.17) is 10.6 Å². The van der Waals surface area contributed by atoms with Crippen LogP contribution in [-0.4, -0.2) is 17.7 Å². The minimum atomic E-state index is 0.174. The molecular formula is C13H21N3O. The van der Waals surface area contributed by atoms with E-state index in [-0.39, 0.29) is 6.04 Å². The highest BCUT2D eigenvalue weighted by molar-refractivity contribution is 5.24. The zero-order chi connectivity index (χ0) is 12.1. The molecule has 1 aliphatic heterocycles. The highest BCUT2D eigenvalue weighted by Gasteiger charge is 2.19. The number of ether oxygens (including phenoxy) is 1. The molecule has 2 rings (SSSR count). The van der Waals surface area contributed by atoms with E-state index in [2.05, 4.69) is 17.3 Å². The molecule has 2 atom stereocenters. The molecule has 0 spiro atoms. The molecule has 94 valence electrons. The van der Waals surface area contributed by atoms with Crippen LogP contribution >= 0.6 is 0 Å². The average molecular weight is 235 g/mol. The standard InChI is InChI=1S/C13H21N3O/c1-10-6-7-15-9-12(10)13(16-14)5-4-11-3-2-8-17-11/h6-7,9,11,13,16H,2-5,8,14H2,1H3. The van der Waals surface area contributed by atoms with Gasteiger partial charge >= 0.3 is 0 Å². The number of pyridine rings is 1. The molecule has 4 nitrogen and oxygen atoms in total. The van der Waals surface area contributed by atoms with Crippen molar-refractivity contribution in [3.8, 4) is 0 Å². The zero-order valence-electron chi connectivity index (χ0n) is 10.4. The van der Waals surface area contributed by atoms with E-state index in [0.29, 0.717) is 6.10 Å². The predicted octanol–water partition coefficient (Wildman–Crippen LogP) is 1.85. The van der Waals surface area contributed by atoms with Crippen molar-refractivity contribution in [2.45, 2.75) is 44.8 Å². The van der Waals surface area contributed by atoms with Gasteiger partial charge in [-0.1, -0.05) is 0 Å². The first-order chi connectivity index (χ1) is 8.31. The van der Waals surface area contributed by atoms with Crippen molar-refractivity contribution in [1.29, 1.82) is 0 Å². The highest BCUT2D eigenvalue weighted by atomic mass is 16.5. The van der Waals surface area contributed by atoms with E-state index in [1.807, 2.05) is 18.5 Å². The summed E-state index contributed by atoms with van der Waals surface area (Å²) >= 11 is 0. The van der Waals surface area contributed by atoms with Gasteiger partial charge in [0.2, 0.25) is 0 Å². The molecule has 0 radical (unpaired) electrons. The Kier molecular flexibility index (Phi) is 4.48. The van der Waals surface area contributed by atoms with Crippen molar-refractivity contribution >= 4 is 0 Å². The quantitative estimate of drug-likeness (QED) is 0.604. The van der Waals surface area contributed by atoms with Crippen LogP contribution in [0.3, 0.4) is 0 Å². The molecule has 1 aromatic rings. The Labute approximate surface area is 103 Å². The maximum atomic E-state index is 5.64. The Morgan fingerprint density at radius 2 is 2.53 bits per heavy atom. The van der Waals surface area contributed by atoms with E-state index in [1.165, 1.54) is 24.0 Å². The molecule has 2 unspecified atom stereocenters. The summed E-state index contributed by atoms with van der Waals surface area (Å²) in [7, 11) is 0. The third-order valence-electron chi connectivity index (χ3n) is 3.46. The smallest absolute Gasteiger partial charge is 0.0576 e. The summed E-state index contributed by atoms with van der Waals surface area (Å²) in [5, 5.41) is 0. The minimum absolute atomic E-state index is 0.174. The molecule has 4 heteroatoms. The number of nitrogens with one attached hydrogen (secondary N) is 1. The molecule has 17 heavy (non-hydrogen) atoms. The molecular weight excluding hydrogens is 214 g/mol. The Hall–Kier alpha value is -0.970. The van der Waals surface area contributed by atoms with Gasteiger partial charge in [0.1, 0.15) is 0 Å². The van der Waals surface area contributed by atoms with Gasteiger partial charge in [-0.2, -0.15) is 0 Å². The number of aryl methyl sites for hydroxylation is 1. The van der Waals surface area contributed by atoms with Gasteiger partial charge in [-0.25, -0.2) is 0 Å². The van der Waals surface area contributed by atoms with Gasteiger partial charge in [-0.15, -0.1) is 0 Å². The lowest BCUT2D eigenvalue weighted by atomic mass is 9.98. The van der Waals surface area contributed by atoms with Gasteiger partial charge in [0.15, 0.2) is 0 Å². The van der Waals surface area contributed by atoms with Gasteiger partial charge in [-0.3, -0.25) is 16.3 Å². The summed E-state index contributed by atoms with van der Waals surface area (Å²) in [4.78, 5) is 4.17. The van der Waals surface area contributed by atoms with E-state index in [1.54, 1.807) is 0 Å². The number of hydrogen-bond donors (Lipinski definition) is 2. The van der Waals surface area contributed by atoms with Crippen molar-refractivity contribution in [3.63, 3.8) is 0 Å². The first-order valence-corrected chi connectivity index (χ1v) is 6.29. The normalized spacial score (nSPS) is 21.6. The second kappa shape index (κ2) is 6.10. The van der Waals surface area contributed by atoms with Crippen molar-refractivity contribution in [2.75, 3.05) is 6.61 Å². The first-order valence-electron chi connectivity index (χ1n) is 6.29. The van der Waals surface area contributed by atoms with Crippen LogP contribution in [0.4, 0.5) is 0 Å². The first kappa shape index (κ1) is 12.5. The number of aromatic nitrogens is 1. The molecule has 1 fully saturated rings. The summed E-state index contributed by atoms with van der Waals surface area (Å²) in [6.07, 6.45) is 8.56. The summed E-state index contributed by atoms with van der Waals surface area (Å²) in [5.41, 5.74) is 5.31. The molecule has 1 aliphatic rings. The van der Waals surface area contributed by atoms with Crippen molar-refractivity contribution in [3.05, 3.63) is 29.6 Å². The van der Waals surface area contributed by atoms with E-state index >= 15 is 0 Å². The number of nitrogens with two attached hydrogens (primary N) is 1. The Morgan fingerprint density at radius 3 is 3.18 bits per heavy atom. The summed E-state index contributed by atoms with van der Waals surface area (Å²) in [6, 6.07) is 2.19. The van der Waals surface area contributed by atoms with Gasteiger partial charge in [0.05, 0.1) is 6.10 Å². The monoisotopic (exact) mass is 235 g/mol. The molecule has 0 amide bonds. The number of rotatable bonds is 5. The molecule has 1 saturated heterocycles. The van der Waals surface area contributed by atoms with Crippen LogP contribution in [0.5, 0.6) is 0 Å². The van der Waals surface area contributed by atoms with Crippen LogP contribution in [0.25, 0.3) is 0 Å². The Balaban J connectivity index is 1.94. The molecule has 0 bridgehead atoms. The zero-order valence-corrected chi connectivity index (χ0v) is 10.4. The fraction of sp³-hybridized carbons (Fsp3) is 0.615. The molecule has 2 heterocycles. The largest absolute Gasteiger partial charge is 0.378 e. The van der Waals surface area contributed by atoms with Crippen LogP contribution in [0, 0.1) is 6.92 Å². The number of nitrogens with zero attached hydrogens (tertiary/aromatic N) is 1. The van der Waals surface area contributed by atoms with Crippen molar-refractivity contribution < 1.29 is 4.74 Å². The fourth-order valence-corrected chi connectivity index (χ4v) is 2.39. The lowest BCUT2D eigenvalue weighted by molar-refractivity contribution is 0.0995. The maximum absolute atomic E-state index is 5.64. The predicted molar refractivity (Wildman–Crippen MR) is 67.2 cm³/mol.